The first-order valence-electron chi connectivity index (χ1n) is 7.24. The minimum atomic E-state index is -0.820. The Morgan fingerprint density at radius 1 is 1.12 bits per heavy atom. The standard InChI is InChI=1S/C18H13F2NO3/c1-10(13-9-12(19)6-7-15(13)20)21-17(22)14-8-11-4-2-3-5-16(11)24-18(14)23/h2-10H,1H3,(H,21,22). The van der Waals surface area contributed by atoms with E-state index in [1.54, 1.807) is 24.3 Å². The van der Waals surface area contributed by atoms with Crippen LogP contribution in [0.15, 0.2) is 57.7 Å². The van der Waals surface area contributed by atoms with Gasteiger partial charge in [0, 0.05) is 10.9 Å². The number of para-hydroxylation sites is 1. The lowest BCUT2D eigenvalue weighted by molar-refractivity contribution is 0.0935. The van der Waals surface area contributed by atoms with E-state index in [1.807, 2.05) is 0 Å². The highest BCUT2D eigenvalue weighted by Gasteiger charge is 2.19. The molecule has 3 aromatic rings. The summed E-state index contributed by atoms with van der Waals surface area (Å²) in [6, 6.07) is 10.3. The minimum absolute atomic E-state index is 0.00599. The van der Waals surface area contributed by atoms with Crippen molar-refractivity contribution in [2.75, 3.05) is 0 Å². The van der Waals surface area contributed by atoms with Crippen LogP contribution in [0, 0.1) is 11.6 Å². The van der Waals surface area contributed by atoms with Gasteiger partial charge in [-0.15, -0.1) is 0 Å². The molecule has 0 aliphatic carbocycles. The van der Waals surface area contributed by atoms with Crippen molar-refractivity contribution >= 4 is 16.9 Å². The molecule has 0 bridgehead atoms. The molecule has 1 N–H and O–H groups in total. The van der Waals surface area contributed by atoms with E-state index in [-0.39, 0.29) is 11.1 Å². The second-order valence-electron chi connectivity index (χ2n) is 5.35. The van der Waals surface area contributed by atoms with Crippen molar-refractivity contribution in [3.8, 4) is 0 Å². The molecule has 0 saturated carbocycles. The van der Waals surface area contributed by atoms with Crippen molar-refractivity contribution in [2.24, 2.45) is 0 Å². The summed E-state index contributed by atoms with van der Waals surface area (Å²) < 4.78 is 32.1. The molecule has 0 spiro atoms. The number of nitrogens with one attached hydrogen (secondary N) is 1. The predicted molar refractivity (Wildman–Crippen MR) is 84.7 cm³/mol. The second-order valence-corrected chi connectivity index (χ2v) is 5.35. The molecule has 0 radical (unpaired) electrons. The number of hydrogen-bond donors (Lipinski definition) is 1. The zero-order valence-corrected chi connectivity index (χ0v) is 12.7. The van der Waals surface area contributed by atoms with Crippen LogP contribution in [0.5, 0.6) is 0 Å². The normalized spacial score (nSPS) is 12.1. The molecular weight excluding hydrogens is 316 g/mol. The monoisotopic (exact) mass is 329 g/mol. The highest BCUT2D eigenvalue weighted by Crippen LogP contribution is 2.19. The average Bonchev–Trinajstić information content (AvgIpc) is 2.56. The van der Waals surface area contributed by atoms with Gasteiger partial charge in [-0.25, -0.2) is 13.6 Å². The van der Waals surface area contributed by atoms with Gasteiger partial charge in [0.15, 0.2) is 0 Å². The summed E-state index contributed by atoms with van der Waals surface area (Å²) in [7, 11) is 0. The van der Waals surface area contributed by atoms with Crippen LogP contribution < -0.4 is 10.9 Å². The topological polar surface area (TPSA) is 59.3 Å². The lowest BCUT2D eigenvalue weighted by Crippen LogP contribution is -2.31. The van der Waals surface area contributed by atoms with Gasteiger partial charge in [0.1, 0.15) is 22.8 Å². The number of rotatable bonds is 3. The Bertz CT molecular complexity index is 981. The van der Waals surface area contributed by atoms with Gasteiger partial charge in [-0.05, 0) is 37.3 Å². The number of carbonyl (C=O) groups is 1. The summed E-state index contributed by atoms with van der Waals surface area (Å²) in [5.41, 5.74) is -0.632. The van der Waals surface area contributed by atoms with Crippen molar-refractivity contribution in [3.05, 3.63) is 81.7 Å². The van der Waals surface area contributed by atoms with Gasteiger partial charge in [-0.1, -0.05) is 18.2 Å². The second kappa shape index (κ2) is 6.23. The molecule has 1 aromatic heterocycles. The van der Waals surface area contributed by atoms with Crippen LogP contribution in [-0.2, 0) is 0 Å². The van der Waals surface area contributed by atoms with E-state index in [4.69, 9.17) is 4.42 Å². The van der Waals surface area contributed by atoms with Crippen LogP contribution in [0.25, 0.3) is 11.0 Å². The lowest BCUT2D eigenvalue weighted by Gasteiger charge is -2.15. The van der Waals surface area contributed by atoms with Crippen molar-refractivity contribution < 1.29 is 18.0 Å². The Morgan fingerprint density at radius 3 is 2.67 bits per heavy atom. The zero-order valence-electron chi connectivity index (χ0n) is 12.7. The van der Waals surface area contributed by atoms with E-state index in [0.717, 1.165) is 18.2 Å². The van der Waals surface area contributed by atoms with Gasteiger partial charge >= 0.3 is 5.63 Å². The van der Waals surface area contributed by atoms with Crippen LogP contribution >= 0.6 is 0 Å². The molecule has 6 heteroatoms. The first-order valence-corrected chi connectivity index (χ1v) is 7.24. The fourth-order valence-electron chi connectivity index (χ4n) is 2.42. The third-order valence-electron chi connectivity index (χ3n) is 3.66. The summed E-state index contributed by atoms with van der Waals surface area (Å²) in [6.07, 6.45) is 0. The maximum absolute atomic E-state index is 13.8. The Balaban J connectivity index is 1.91. The van der Waals surface area contributed by atoms with Crippen molar-refractivity contribution in [1.82, 2.24) is 5.32 Å². The van der Waals surface area contributed by atoms with Gasteiger partial charge in [0.2, 0.25) is 0 Å². The van der Waals surface area contributed by atoms with Crippen molar-refractivity contribution in [3.63, 3.8) is 0 Å². The minimum Gasteiger partial charge on any atom is -0.422 e. The van der Waals surface area contributed by atoms with Gasteiger partial charge < -0.3 is 9.73 Å². The van der Waals surface area contributed by atoms with E-state index >= 15 is 0 Å². The summed E-state index contributed by atoms with van der Waals surface area (Å²) in [4.78, 5) is 24.3. The predicted octanol–water partition coefficient (Wildman–Crippen LogP) is 3.56. The van der Waals surface area contributed by atoms with Crippen LogP contribution in [0.1, 0.15) is 28.9 Å². The molecule has 0 aliphatic heterocycles. The molecule has 122 valence electrons. The fraction of sp³-hybridized carbons (Fsp3) is 0.111. The van der Waals surface area contributed by atoms with Crippen LogP contribution in [0.3, 0.4) is 0 Å². The largest absolute Gasteiger partial charge is 0.422 e. The number of carbonyl (C=O) groups excluding carboxylic acids is 1. The Hall–Kier alpha value is -3.02. The number of halogens is 2. The molecule has 2 aromatic carbocycles. The number of amides is 1. The van der Waals surface area contributed by atoms with E-state index in [9.17, 15) is 18.4 Å². The molecule has 1 amide bonds. The number of hydrogen-bond acceptors (Lipinski definition) is 3. The van der Waals surface area contributed by atoms with E-state index < -0.39 is 29.2 Å². The quantitative estimate of drug-likeness (QED) is 0.748. The molecule has 1 atom stereocenters. The zero-order chi connectivity index (χ0) is 17.3. The molecule has 3 rings (SSSR count). The Kier molecular flexibility index (Phi) is 4.12. The van der Waals surface area contributed by atoms with Crippen LogP contribution in [0.4, 0.5) is 8.78 Å². The SMILES string of the molecule is CC(NC(=O)c1cc2ccccc2oc1=O)c1cc(F)ccc1F. The van der Waals surface area contributed by atoms with Gasteiger partial charge in [-0.2, -0.15) is 0 Å². The highest BCUT2D eigenvalue weighted by atomic mass is 19.1. The summed E-state index contributed by atoms with van der Waals surface area (Å²) in [6.45, 7) is 1.50. The van der Waals surface area contributed by atoms with Crippen LogP contribution in [-0.4, -0.2) is 5.91 Å². The number of fused-ring (bicyclic) bond motifs is 1. The molecule has 0 aliphatic rings. The summed E-state index contributed by atoms with van der Waals surface area (Å²) >= 11 is 0. The maximum Gasteiger partial charge on any atom is 0.349 e. The first-order chi connectivity index (χ1) is 11.5. The molecule has 4 nitrogen and oxygen atoms in total. The Morgan fingerprint density at radius 2 is 1.88 bits per heavy atom. The Labute approximate surface area is 135 Å². The van der Waals surface area contributed by atoms with Gasteiger partial charge in [-0.3, -0.25) is 4.79 Å². The molecular formula is C18H13F2NO3. The van der Waals surface area contributed by atoms with E-state index in [1.165, 1.54) is 13.0 Å². The first kappa shape index (κ1) is 15.9. The molecule has 0 fully saturated rings. The average molecular weight is 329 g/mol. The molecule has 0 saturated heterocycles. The third kappa shape index (κ3) is 3.03. The van der Waals surface area contributed by atoms with Crippen molar-refractivity contribution in [2.45, 2.75) is 13.0 Å². The van der Waals surface area contributed by atoms with Crippen LogP contribution in [0.2, 0.25) is 0 Å². The number of benzene rings is 2. The lowest BCUT2D eigenvalue weighted by atomic mass is 10.1. The highest BCUT2D eigenvalue weighted by molar-refractivity contribution is 5.96. The smallest absolute Gasteiger partial charge is 0.349 e. The van der Waals surface area contributed by atoms with Gasteiger partial charge in [0.05, 0.1) is 6.04 Å². The third-order valence-corrected chi connectivity index (χ3v) is 3.66. The van der Waals surface area contributed by atoms with E-state index in [0.29, 0.717) is 11.0 Å². The van der Waals surface area contributed by atoms with Crippen molar-refractivity contribution in [1.29, 1.82) is 0 Å². The molecule has 24 heavy (non-hydrogen) atoms. The molecule has 1 unspecified atom stereocenters. The fourth-order valence-corrected chi connectivity index (χ4v) is 2.42. The maximum atomic E-state index is 13.8. The summed E-state index contributed by atoms with van der Waals surface area (Å²) in [5.74, 6) is -1.97. The van der Waals surface area contributed by atoms with E-state index in [2.05, 4.69) is 5.32 Å². The van der Waals surface area contributed by atoms with Gasteiger partial charge in [0.25, 0.3) is 5.91 Å². The summed E-state index contributed by atoms with van der Waals surface area (Å²) in [5, 5.41) is 3.07. The molecule has 1 heterocycles.